The Morgan fingerprint density at radius 3 is 1.97 bits per heavy atom. The lowest BCUT2D eigenvalue weighted by atomic mass is 9.91. The van der Waals surface area contributed by atoms with Crippen molar-refractivity contribution < 1.29 is 27.2 Å². The summed E-state index contributed by atoms with van der Waals surface area (Å²) >= 11 is 0. The van der Waals surface area contributed by atoms with Crippen LogP contribution >= 0.6 is 0 Å². The third-order valence-electron chi connectivity index (χ3n) is 6.43. The van der Waals surface area contributed by atoms with Crippen LogP contribution in [0.25, 0.3) is 6.08 Å². The molecule has 0 bridgehead atoms. The standard InChI is InChI=1S/C28H23F4NO2/c1-16-12-21(13-17(2)18(16)3)24(28(30,31)32)11-9-19-8-10-20(25(29)14-19)15-33-26(34)22-6-4-5-7-23(22)27(33)35/h4-14,24H,15H2,1-3H3/b11-9+. The van der Waals surface area contributed by atoms with Crippen LogP contribution in [0.4, 0.5) is 17.6 Å². The van der Waals surface area contributed by atoms with Gasteiger partial charge in [0.05, 0.1) is 23.6 Å². The summed E-state index contributed by atoms with van der Waals surface area (Å²) in [5, 5.41) is 0. The zero-order chi connectivity index (χ0) is 25.5. The summed E-state index contributed by atoms with van der Waals surface area (Å²) in [5.74, 6) is -3.58. The molecule has 0 aliphatic carbocycles. The lowest BCUT2D eigenvalue weighted by Gasteiger charge is -2.19. The lowest BCUT2D eigenvalue weighted by Crippen LogP contribution is -2.29. The van der Waals surface area contributed by atoms with Gasteiger partial charge in [0.2, 0.25) is 0 Å². The number of hydrogen-bond donors (Lipinski definition) is 0. The number of nitrogens with zero attached hydrogens (tertiary/aromatic N) is 1. The molecule has 1 heterocycles. The molecule has 1 atom stereocenters. The van der Waals surface area contributed by atoms with Crippen LogP contribution in [0.2, 0.25) is 0 Å². The van der Waals surface area contributed by atoms with E-state index in [0.29, 0.717) is 0 Å². The highest BCUT2D eigenvalue weighted by Crippen LogP contribution is 2.38. The zero-order valence-corrected chi connectivity index (χ0v) is 19.4. The molecule has 0 saturated carbocycles. The van der Waals surface area contributed by atoms with Crippen LogP contribution in [-0.2, 0) is 6.54 Å². The molecule has 7 heteroatoms. The van der Waals surface area contributed by atoms with E-state index in [0.717, 1.165) is 33.7 Å². The van der Waals surface area contributed by atoms with Gasteiger partial charge in [-0.25, -0.2) is 4.39 Å². The van der Waals surface area contributed by atoms with E-state index in [2.05, 4.69) is 0 Å². The summed E-state index contributed by atoms with van der Waals surface area (Å²) in [7, 11) is 0. The maximum atomic E-state index is 14.8. The van der Waals surface area contributed by atoms with E-state index in [4.69, 9.17) is 0 Å². The van der Waals surface area contributed by atoms with Gasteiger partial charge < -0.3 is 0 Å². The van der Waals surface area contributed by atoms with Crippen molar-refractivity contribution in [3.63, 3.8) is 0 Å². The number of halogens is 4. The van der Waals surface area contributed by atoms with E-state index in [1.807, 2.05) is 6.92 Å². The van der Waals surface area contributed by atoms with Crippen molar-refractivity contribution in [1.82, 2.24) is 4.90 Å². The Morgan fingerprint density at radius 1 is 0.886 bits per heavy atom. The molecule has 3 nitrogen and oxygen atoms in total. The van der Waals surface area contributed by atoms with Gasteiger partial charge in [0.15, 0.2) is 0 Å². The van der Waals surface area contributed by atoms with Crippen LogP contribution in [0, 0.1) is 26.6 Å². The van der Waals surface area contributed by atoms with Crippen molar-refractivity contribution in [2.24, 2.45) is 0 Å². The number of rotatable bonds is 5. The molecular formula is C28H23F4NO2. The first-order valence-electron chi connectivity index (χ1n) is 11.0. The summed E-state index contributed by atoms with van der Waals surface area (Å²) in [6.45, 7) is 5.13. The SMILES string of the molecule is Cc1cc(C(/C=C/c2ccc(CN3C(=O)c4ccccc4C3=O)c(F)c2)C(F)(F)F)cc(C)c1C. The normalized spacial score (nSPS) is 14.7. The summed E-state index contributed by atoms with van der Waals surface area (Å²) in [6, 6.07) is 13.3. The Hall–Kier alpha value is -3.74. The van der Waals surface area contributed by atoms with Gasteiger partial charge >= 0.3 is 6.18 Å². The summed E-state index contributed by atoms with van der Waals surface area (Å²) in [4.78, 5) is 26.0. The minimum atomic E-state index is -4.52. The first-order valence-corrected chi connectivity index (χ1v) is 11.0. The van der Waals surface area contributed by atoms with E-state index in [1.54, 1.807) is 26.0 Å². The van der Waals surface area contributed by atoms with Crippen LogP contribution < -0.4 is 0 Å². The minimum Gasteiger partial charge on any atom is -0.270 e. The molecule has 0 fully saturated rings. The van der Waals surface area contributed by atoms with Crippen molar-refractivity contribution in [2.75, 3.05) is 0 Å². The van der Waals surface area contributed by atoms with E-state index < -0.39 is 29.7 Å². The number of benzene rings is 3. The fourth-order valence-electron chi connectivity index (χ4n) is 4.21. The number of fused-ring (bicyclic) bond motifs is 1. The maximum Gasteiger partial charge on any atom is 0.399 e. The van der Waals surface area contributed by atoms with E-state index in [1.165, 1.54) is 42.5 Å². The molecule has 4 rings (SSSR count). The summed E-state index contributed by atoms with van der Waals surface area (Å²) in [6.07, 6.45) is -2.27. The molecule has 0 N–H and O–H groups in total. The molecule has 180 valence electrons. The molecule has 0 saturated heterocycles. The van der Waals surface area contributed by atoms with Crippen LogP contribution in [0.1, 0.15) is 60.0 Å². The number of carbonyl (C=O) groups is 2. The third-order valence-corrected chi connectivity index (χ3v) is 6.43. The second-order valence-electron chi connectivity index (χ2n) is 8.75. The Bertz CT molecular complexity index is 1300. The monoisotopic (exact) mass is 481 g/mol. The maximum absolute atomic E-state index is 14.8. The van der Waals surface area contributed by atoms with Gasteiger partial charge in [-0.05, 0) is 66.8 Å². The van der Waals surface area contributed by atoms with Gasteiger partial charge in [0.25, 0.3) is 11.8 Å². The molecule has 0 radical (unpaired) electrons. The number of carbonyl (C=O) groups excluding carboxylic acids is 2. The first-order chi connectivity index (χ1) is 16.5. The molecule has 3 aromatic carbocycles. The predicted molar refractivity (Wildman–Crippen MR) is 126 cm³/mol. The quantitative estimate of drug-likeness (QED) is 0.293. The Morgan fingerprint density at radius 2 is 1.46 bits per heavy atom. The number of hydrogen-bond acceptors (Lipinski definition) is 2. The Balaban J connectivity index is 1.57. The summed E-state index contributed by atoms with van der Waals surface area (Å²) in [5.41, 5.74) is 3.45. The van der Waals surface area contributed by atoms with Crippen molar-refractivity contribution in [3.8, 4) is 0 Å². The largest absolute Gasteiger partial charge is 0.399 e. The van der Waals surface area contributed by atoms with Gasteiger partial charge in [0.1, 0.15) is 5.82 Å². The van der Waals surface area contributed by atoms with Crippen molar-refractivity contribution >= 4 is 17.9 Å². The van der Waals surface area contributed by atoms with E-state index in [9.17, 15) is 27.2 Å². The van der Waals surface area contributed by atoms with Gasteiger partial charge in [-0.3, -0.25) is 14.5 Å². The molecule has 3 aromatic rings. The third kappa shape index (κ3) is 4.76. The molecule has 1 aliphatic rings. The number of amides is 2. The van der Waals surface area contributed by atoms with Crippen molar-refractivity contribution in [1.29, 1.82) is 0 Å². The van der Waals surface area contributed by atoms with E-state index >= 15 is 0 Å². The molecule has 1 aliphatic heterocycles. The highest BCUT2D eigenvalue weighted by molar-refractivity contribution is 6.21. The Labute approximate surface area is 200 Å². The highest BCUT2D eigenvalue weighted by atomic mass is 19.4. The fraction of sp³-hybridized carbons (Fsp3) is 0.214. The minimum absolute atomic E-state index is 0.0915. The highest BCUT2D eigenvalue weighted by Gasteiger charge is 2.39. The molecule has 1 unspecified atom stereocenters. The fourth-order valence-corrected chi connectivity index (χ4v) is 4.21. The Kier molecular flexibility index (Phi) is 6.36. The second kappa shape index (κ2) is 9.13. The van der Waals surface area contributed by atoms with Gasteiger partial charge in [0, 0.05) is 5.56 Å². The van der Waals surface area contributed by atoms with Crippen LogP contribution in [0.15, 0.2) is 60.7 Å². The van der Waals surface area contributed by atoms with Gasteiger partial charge in [-0.1, -0.05) is 48.6 Å². The van der Waals surface area contributed by atoms with Crippen molar-refractivity contribution in [3.05, 3.63) is 111 Å². The molecule has 2 amide bonds. The van der Waals surface area contributed by atoms with Crippen LogP contribution in [0.3, 0.4) is 0 Å². The molecular weight excluding hydrogens is 458 g/mol. The molecule has 0 spiro atoms. The summed E-state index contributed by atoms with van der Waals surface area (Å²) < 4.78 is 56.3. The molecule has 0 aromatic heterocycles. The van der Waals surface area contributed by atoms with Gasteiger partial charge in [-0.15, -0.1) is 0 Å². The van der Waals surface area contributed by atoms with Crippen molar-refractivity contribution in [2.45, 2.75) is 39.4 Å². The smallest absolute Gasteiger partial charge is 0.270 e. The topological polar surface area (TPSA) is 37.4 Å². The van der Waals surface area contributed by atoms with Crippen LogP contribution in [-0.4, -0.2) is 22.9 Å². The second-order valence-corrected chi connectivity index (χ2v) is 8.75. The van der Waals surface area contributed by atoms with Gasteiger partial charge in [-0.2, -0.15) is 13.2 Å². The number of imide groups is 1. The number of aryl methyl sites for hydroxylation is 2. The van der Waals surface area contributed by atoms with Crippen LogP contribution in [0.5, 0.6) is 0 Å². The zero-order valence-electron chi connectivity index (χ0n) is 19.4. The first kappa shape index (κ1) is 24.4. The average Bonchev–Trinajstić information content (AvgIpc) is 3.03. The average molecular weight is 481 g/mol. The predicted octanol–water partition coefficient (Wildman–Crippen LogP) is 6.91. The van der Waals surface area contributed by atoms with E-state index in [-0.39, 0.29) is 34.4 Å². The lowest BCUT2D eigenvalue weighted by molar-refractivity contribution is -0.139. The number of allylic oxidation sites excluding steroid dienone is 1. The molecule has 35 heavy (non-hydrogen) atoms. The number of alkyl halides is 3.